The van der Waals surface area contributed by atoms with E-state index in [-0.39, 0.29) is 30.3 Å². The number of nitrogens with zero attached hydrogens (tertiary/aromatic N) is 3. The number of thiazole rings is 1. The van der Waals surface area contributed by atoms with Gasteiger partial charge in [0.25, 0.3) is 0 Å². The van der Waals surface area contributed by atoms with Gasteiger partial charge in [0, 0.05) is 42.3 Å². The number of nitrogens with two attached hydrogens (primary N) is 1. The van der Waals surface area contributed by atoms with Crippen molar-refractivity contribution >= 4 is 40.7 Å². The van der Waals surface area contributed by atoms with Gasteiger partial charge in [-0.3, -0.25) is 4.79 Å². The quantitative estimate of drug-likeness (QED) is 0.746. The van der Waals surface area contributed by atoms with E-state index in [1.54, 1.807) is 12.4 Å². The third kappa shape index (κ3) is 4.83. The molecular formula is C13H17ClN6O2S. The lowest BCUT2D eigenvalue weighted by molar-refractivity contribution is -0.117. The van der Waals surface area contributed by atoms with Crippen molar-refractivity contribution in [1.82, 2.24) is 20.3 Å². The van der Waals surface area contributed by atoms with Crippen molar-refractivity contribution in [2.24, 2.45) is 0 Å². The van der Waals surface area contributed by atoms with Gasteiger partial charge >= 0.3 is 0 Å². The smallest absolute Gasteiger partial charge is 0.227 e. The molecule has 2 aromatic heterocycles. The molecule has 1 amide bonds. The van der Waals surface area contributed by atoms with Crippen LogP contribution in [0.4, 0.5) is 11.1 Å². The van der Waals surface area contributed by atoms with Crippen molar-refractivity contribution in [3.05, 3.63) is 17.8 Å². The zero-order chi connectivity index (χ0) is 15.4. The molecule has 4 N–H and O–H groups in total. The van der Waals surface area contributed by atoms with Crippen LogP contribution in [0.1, 0.15) is 6.42 Å². The topological polar surface area (TPSA) is 115 Å². The number of nitrogen functional groups attached to an aromatic ring is 1. The van der Waals surface area contributed by atoms with Gasteiger partial charge in [0.15, 0.2) is 5.13 Å². The van der Waals surface area contributed by atoms with Crippen LogP contribution in [-0.2, 0) is 9.53 Å². The maximum absolute atomic E-state index is 12.0. The Kier molecular flexibility index (Phi) is 6.22. The molecule has 3 rings (SSSR count). The highest BCUT2D eigenvalue weighted by Gasteiger charge is 2.17. The van der Waals surface area contributed by atoms with Crippen LogP contribution in [0, 0.1) is 0 Å². The molecule has 0 aromatic carbocycles. The van der Waals surface area contributed by atoms with Crippen molar-refractivity contribution in [2.75, 3.05) is 30.8 Å². The Morgan fingerprint density at radius 1 is 1.48 bits per heavy atom. The first-order valence-corrected chi connectivity index (χ1v) is 7.73. The summed E-state index contributed by atoms with van der Waals surface area (Å²) in [6.45, 7) is 2.02. The van der Waals surface area contributed by atoms with Gasteiger partial charge in [-0.15, -0.1) is 23.7 Å². The van der Waals surface area contributed by atoms with Gasteiger partial charge in [0.1, 0.15) is 0 Å². The third-order valence-electron chi connectivity index (χ3n) is 3.15. The van der Waals surface area contributed by atoms with Gasteiger partial charge < -0.3 is 21.1 Å². The Morgan fingerprint density at radius 3 is 2.96 bits per heavy atom. The standard InChI is InChI=1S/C13H16N6O2S.ClH/c14-12-16-4-8(5-17-12)10-7-22-13(18-10)19-11(20)3-9-6-21-2-1-15-9;/h4-5,7,9,15H,1-3,6H2,(H2,14,16,17)(H,18,19,20);1H/t9-;/m0./s1. The molecule has 10 heteroatoms. The molecule has 0 radical (unpaired) electrons. The van der Waals surface area contributed by atoms with Crippen molar-refractivity contribution in [1.29, 1.82) is 0 Å². The summed E-state index contributed by atoms with van der Waals surface area (Å²) in [6.07, 6.45) is 3.57. The van der Waals surface area contributed by atoms with E-state index in [1.165, 1.54) is 11.3 Å². The van der Waals surface area contributed by atoms with Crippen LogP contribution in [0.15, 0.2) is 17.8 Å². The fourth-order valence-corrected chi connectivity index (χ4v) is 2.81. The Bertz CT molecular complexity index is 644. The SMILES string of the molecule is Cl.Nc1ncc(-c2csc(NC(=O)C[C@H]3COCCN3)n2)cn1. The number of halogens is 1. The highest BCUT2D eigenvalue weighted by atomic mass is 35.5. The molecular weight excluding hydrogens is 340 g/mol. The summed E-state index contributed by atoms with van der Waals surface area (Å²) in [6, 6.07) is 0.0543. The van der Waals surface area contributed by atoms with E-state index in [2.05, 4.69) is 25.6 Å². The molecule has 1 atom stereocenters. The molecule has 0 aliphatic carbocycles. The average Bonchev–Trinajstić information content (AvgIpc) is 2.97. The number of morpholine rings is 1. The van der Waals surface area contributed by atoms with Crippen LogP contribution in [0.25, 0.3) is 11.3 Å². The number of amides is 1. The normalized spacial score (nSPS) is 17.3. The van der Waals surface area contributed by atoms with Gasteiger partial charge in [0.2, 0.25) is 11.9 Å². The summed E-state index contributed by atoms with van der Waals surface area (Å²) in [4.78, 5) is 24.2. The van der Waals surface area contributed by atoms with Gasteiger partial charge in [-0.05, 0) is 0 Å². The van der Waals surface area contributed by atoms with Gasteiger partial charge in [-0.2, -0.15) is 0 Å². The minimum Gasteiger partial charge on any atom is -0.378 e. The number of anilines is 2. The lowest BCUT2D eigenvalue weighted by atomic mass is 10.2. The molecule has 3 heterocycles. The summed E-state index contributed by atoms with van der Waals surface area (Å²) in [5.74, 6) is 0.132. The highest BCUT2D eigenvalue weighted by Crippen LogP contribution is 2.24. The van der Waals surface area contributed by atoms with Crippen molar-refractivity contribution in [3.8, 4) is 11.3 Å². The predicted octanol–water partition coefficient (Wildman–Crippen LogP) is 0.921. The molecule has 0 unspecified atom stereocenters. The van der Waals surface area contributed by atoms with E-state index in [1.807, 2.05) is 5.38 Å². The number of aromatic nitrogens is 3. The predicted molar refractivity (Wildman–Crippen MR) is 90.7 cm³/mol. The first kappa shape index (κ1) is 17.5. The van der Waals surface area contributed by atoms with Crippen LogP contribution in [-0.4, -0.2) is 46.7 Å². The number of hydrogen-bond donors (Lipinski definition) is 3. The average molecular weight is 357 g/mol. The van der Waals surface area contributed by atoms with Crippen molar-refractivity contribution in [3.63, 3.8) is 0 Å². The summed E-state index contributed by atoms with van der Waals surface area (Å²) in [7, 11) is 0. The zero-order valence-corrected chi connectivity index (χ0v) is 13.8. The van der Waals surface area contributed by atoms with Gasteiger partial charge in [-0.25, -0.2) is 15.0 Å². The van der Waals surface area contributed by atoms with Crippen LogP contribution in [0.5, 0.6) is 0 Å². The zero-order valence-electron chi connectivity index (χ0n) is 12.2. The van der Waals surface area contributed by atoms with E-state index >= 15 is 0 Å². The van der Waals surface area contributed by atoms with E-state index in [0.29, 0.717) is 30.5 Å². The van der Waals surface area contributed by atoms with E-state index < -0.39 is 0 Å². The van der Waals surface area contributed by atoms with Crippen LogP contribution in [0.3, 0.4) is 0 Å². The van der Waals surface area contributed by atoms with E-state index in [9.17, 15) is 4.79 Å². The molecule has 8 nitrogen and oxygen atoms in total. The molecule has 1 aliphatic heterocycles. The first-order chi connectivity index (χ1) is 10.7. The number of rotatable bonds is 4. The summed E-state index contributed by atoms with van der Waals surface area (Å²) in [5.41, 5.74) is 6.92. The Balaban J connectivity index is 0.00000192. The molecule has 124 valence electrons. The fraction of sp³-hybridized carbons (Fsp3) is 0.385. The van der Waals surface area contributed by atoms with Gasteiger partial charge in [0.05, 0.1) is 18.9 Å². The molecule has 1 aliphatic rings. The number of carbonyl (C=O) groups excluding carboxylic acids is 1. The lowest BCUT2D eigenvalue weighted by Crippen LogP contribution is -2.43. The van der Waals surface area contributed by atoms with Crippen LogP contribution < -0.4 is 16.4 Å². The van der Waals surface area contributed by atoms with Crippen LogP contribution in [0.2, 0.25) is 0 Å². The summed E-state index contributed by atoms with van der Waals surface area (Å²) >= 11 is 1.36. The number of carbonyl (C=O) groups is 1. The number of hydrogen-bond acceptors (Lipinski definition) is 8. The first-order valence-electron chi connectivity index (χ1n) is 6.85. The minimum absolute atomic E-state index is 0. The molecule has 0 saturated carbocycles. The van der Waals surface area contributed by atoms with Crippen LogP contribution >= 0.6 is 23.7 Å². The lowest BCUT2D eigenvalue weighted by Gasteiger charge is -2.22. The Morgan fingerprint density at radius 2 is 2.26 bits per heavy atom. The molecule has 0 spiro atoms. The second kappa shape index (κ2) is 8.16. The summed E-state index contributed by atoms with van der Waals surface area (Å²) < 4.78 is 5.33. The maximum Gasteiger partial charge on any atom is 0.227 e. The highest BCUT2D eigenvalue weighted by molar-refractivity contribution is 7.14. The van der Waals surface area contributed by atoms with E-state index in [4.69, 9.17) is 10.5 Å². The Labute approximate surface area is 143 Å². The monoisotopic (exact) mass is 356 g/mol. The summed E-state index contributed by atoms with van der Waals surface area (Å²) in [5, 5.41) is 8.43. The van der Waals surface area contributed by atoms with Crippen molar-refractivity contribution in [2.45, 2.75) is 12.5 Å². The van der Waals surface area contributed by atoms with E-state index in [0.717, 1.165) is 12.1 Å². The Hall–Kier alpha value is -1.81. The van der Waals surface area contributed by atoms with Crippen molar-refractivity contribution < 1.29 is 9.53 Å². The third-order valence-corrected chi connectivity index (χ3v) is 3.91. The second-order valence-electron chi connectivity index (χ2n) is 4.85. The number of ether oxygens (including phenoxy) is 1. The molecule has 0 bridgehead atoms. The molecule has 1 fully saturated rings. The molecule has 23 heavy (non-hydrogen) atoms. The largest absolute Gasteiger partial charge is 0.378 e. The fourth-order valence-electron chi connectivity index (χ4n) is 2.08. The van der Waals surface area contributed by atoms with Gasteiger partial charge in [-0.1, -0.05) is 0 Å². The molecule has 2 aromatic rings. The second-order valence-corrected chi connectivity index (χ2v) is 5.70. The minimum atomic E-state index is -0.0857. The maximum atomic E-state index is 12.0. The number of nitrogens with one attached hydrogen (secondary N) is 2. The molecule has 1 saturated heterocycles.